The fourth-order valence-electron chi connectivity index (χ4n) is 9.37. The highest BCUT2D eigenvalue weighted by Crippen LogP contribution is 2.70. The summed E-state index contributed by atoms with van der Waals surface area (Å²) >= 11 is 0. The van der Waals surface area contributed by atoms with Crippen LogP contribution < -0.4 is 0 Å². The lowest BCUT2D eigenvalue weighted by atomic mass is 9.40. The molecule has 4 fully saturated rings. The zero-order valence-electron chi connectivity index (χ0n) is 21.5. The minimum absolute atomic E-state index is 0.163. The first-order valence-electron chi connectivity index (χ1n) is 13.3. The van der Waals surface area contributed by atoms with E-state index in [4.69, 9.17) is 0 Å². The first kappa shape index (κ1) is 24.5. The highest BCUT2D eigenvalue weighted by molar-refractivity contribution is 5.85. The quantitative estimate of drug-likeness (QED) is 0.488. The van der Waals surface area contributed by atoms with Gasteiger partial charge in [0.15, 0.2) is 0 Å². The number of ketones is 1. The number of hydrogen-bond acceptors (Lipinski definition) is 3. The maximum atomic E-state index is 12.8. The number of carbonyl (C=O) groups is 1. The molecule has 0 spiro atoms. The van der Waals surface area contributed by atoms with Crippen molar-refractivity contribution >= 4 is 5.78 Å². The fraction of sp³-hybridized carbons (Fsp3) is 0.897. The SMILES string of the molecule is C=C(CC[C@H](O)C(C)(C)O)[C@H]1CC[C@@]2(C)[C@@H]1CC[C@H]1[C@H]2CC[C@@H]2C(C)(C)C(=O)CC[C@@]21C. The van der Waals surface area contributed by atoms with Crippen molar-refractivity contribution in [1.29, 1.82) is 0 Å². The minimum atomic E-state index is -1.05. The van der Waals surface area contributed by atoms with Gasteiger partial charge in [-0.1, -0.05) is 39.8 Å². The van der Waals surface area contributed by atoms with E-state index in [-0.39, 0.29) is 5.41 Å². The highest BCUT2D eigenvalue weighted by atomic mass is 16.3. The predicted molar refractivity (Wildman–Crippen MR) is 130 cm³/mol. The summed E-state index contributed by atoms with van der Waals surface area (Å²) in [5, 5.41) is 20.4. The average Bonchev–Trinajstić information content (AvgIpc) is 3.06. The zero-order chi connectivity index (χ0) is 23.7. The molecule has 0 saturated heterocycles. The van der Waals surface area contributed by atoms with Crippen LogP contribution in [0.25, 0.3) is 0 Å². The highest BCUT2D eigenvalue weighted by Gasteiger charge is 2.63. The molecule has 0 aromatic carbocycles. The van der Waals surface area contributed by atoms with E-state index >= 15 is 0 Å². The lowest BCUT2D eigenvalue weighted by Crippen LogP contribution is -2.59. The fourth-order valence-corrected chi connectivity index (χ4v) is 9.37. The lowest BCUT2D eigenvalue weighted by Gasteiger charge is -2.64. The van der Waals surface area contributed by atoms with Crippen molar-refractivity contribution in [2.45, 2.75) is 117 Å². The van der Waals surface area contributed by atoms with Crippen LogP contribution in [0.5, 0.6) is 0 Å². The summed E-state index contributed by atoms with van der Waals surface area (Å²) in [7, 11) is 0. The largest absolute Gasteiger partial charge is 0.390 e. The molecule has 8 atom stereocenters. The third kappa shape index (κ3) is 3.65. The van der Waals surface area contributed by atoms with E-state index in [1.54, 1.807) is 13.8 Å². The van der Waals surface area contributed by atoms with Crippen LogP contribution in [0.4, 0.5) is 0 Å². The smallest absolute Gasteiger partial charge is 0.138 e. The molecule has 182 valence electrons. The van der Waals surface area contributed by atoms with Gasteiger partial charge >= 0.3 is 0 Å². The third-order valence-electron chi connectivity index (χ3n) is 11.4. The molecule has 32 heavy (non-hydrogen) atoms. The Morgan fingerprint density at radius 2 is 1.59 bits per heavy atom. The van der Waals surface area contributed by atoms with Gasteiger partial charge in [0.05, 0.1) is 11.7 Å². The van der Waals surface area contributed by atoms with Crippen molar-refractivity contribution < 1.29 is 15.0 Å². The first-order valence-corrected chi connectivity index (χ1v) is 13.3. The van der Waals surface area contributed by atoms with Crippen LogP contribution in [0.15, 0.2) is 12.2 Å². The van der Waals surface area contributed by atoms with Crippen LogP contribution in [0.1, 0.15) is 106 Å². The van der Waals surface area contributed by atoms with Crippen LogP contribution in [0.3, 0.4) is 0 Å². The summed E-state index contributed by atoms with van der Waals surface area (Å²) in [6.45, 7) is 17.4. The molecule has 4 aliphatic carbocycles. The van der Waals surface area contributed by atoms with E-state index in [0.717, 1.165) is 31.1 Å². The molecule has 4 aliphatic rings. The van der Waals surface area contributed by atoms with Crippen molar-refractivity contribution in [1.82, 2.24) is 0 Å². The number of Topliss-reactive ketones (excluding diaryl/α,β-unsaturated/α-hetero) is 1. The molecule has 0 unspecified atom stereocenters. The Balaban J connectivity index is 1.50. The normalized spacial score (nSPS) is 44.4. The second-order valence-electron chi connectivity index (χ2n) is 13.7. The first-order chi connectivity index (χ1) is 14.7. The van der Waals surface area contributed by atoms with Gasteiger partial charge in [-0.25, -0.2) is 0 Å². The number of carbonyl (C=O) groups excluding carboxylic acids is 1. The molecule has 0 heterocycles. The summed E-state index contributed by atoms with van der Waals surface area (Å²) in [5.41, 5.74) is 0.769. The molecule has 4 saturated carbocycles. The van der Waals surface area contributed by atoms with Gasteiger partial charge in [-0.15, -0.1) is 0 Å². The summed E-state index contributed by atoms with van der Waals surface area (Å²) in [4.78, 5) is 12.8. The van der Waals surface area contributed by atoms with Gasteiger partial charge < -0.3 is 10.2 Å². The van der Waals surface area contributed by atoms with Gasteiger partial charge in [-0.2, -0.15) is 0 Å². The van der Waals surface area contributed by atoms with Gasteiger partial charge in [-0.05, 0) is 112 Å². The number of aliphatic hydroxyl groups is 2. The molecule has 2 N–H and O–H groups in total. The number of hydrogen-bond donors (Lipinski definition) is 2. The predicted octanol–water partition coefficient (Wildman–Crippen LogP) is 6.32. The number of aliphatic hydroxyl groups excluding tert-OH is 1. The van der Waals surface area contributed by atoms with Gasteiger partial charge in [-0.3, -0.25) is 4.79 Å². The van der Waals surface area contributed by atoms with E-state index in [1.165, 1.54) is 44.1 Å². The number of allylic oxidation sites excluding steroid dienone is 1. The third-order valence-corrected chi connectivity index (χ3v) is 11.4. The molecular formula is C29H48O3. The lowest BCUT2D eigenvalue weighted by molar-refractivity contribution is -0.168. The van der Waals surface area contributed by atoms with E-state index in [9.17, 15) is 15.0 Å². The van der Waals surface area contributed by atoms with Crippen LogP contribution in [-0.4, -0.2) is 27.7 Å². The molecule has 0 aromatic rings. The Bertz CT molecular complexity index is 761. The molecular weight excluding hydrogens is 396 g/mol. The van der Waals surface area contributed by atoms with E-state index in [2.05, 4.69) is 34.3 Å². The van der Waals surface area contributed by atoms with Gasteiger partial charge in [0, 0.05) is 11.8 Å². The molecule has 0 aromatic heterocycles. The molecule has 4 rings (SSSR count). The van der Waals surface area contributed by atoms with Crippen molar-refractivity contribution in [3.8, 4) is 0 Å². The van der Waals surface area contributed by atoms with E-state index in [1.807, 2.05) is 0 Å². The standard InChI is InChI=1S/C29H48O3/c1-18(8-13-25(31)27(4,5)32)19-14-16-28(6)20(19)9-10-22-21(28)11-12-23-26(2,3)24(30)15-17-29(22,23)7/h19-23,25,31-32H,1,8-17H2,2-7H3/t19-,20-,21-,22+,23-,25+,28+,29-/m1/s1. The maximum absolute atomic E-state index is 12.8. The number of fused-ring (bicyclic) bond motifs is 5. The zero-order valence-corrected chi connectivity index (χ0v) is 21.5. The Morgan fingerprint density at radius 3 is 2.25 bits per heavy atom. The van der Waals surface area contributed by atoms with Crippen molar-refractivity contribution in [2.24, 2.45) is 45.8 Å². The summed E-state index contributed by atoms with van der Waals surface area (Å²) in [5.74, 6) is 3.81. The maximum Gasteiger partial charge on any atom is 0.138 e. The van der Waals surface area contributed by atoms with Crippen LogP contribution in [0.2, 0.25) is 0 Å². The van der Waals surface area contributed by atoms with Crippen LogP contribution in [-0.2, 0) is 4.79 Å². The van der Waals surface area contributed by atoms with Crippen molar-refractivity contribution in [3.63, 3.8) is 0 Å². The molecule has 0 bridgehead atoms. The summed E-state index contributed by atoms with van der Waals surface area (Å²) < 4.78 is 0. The van der Waals surface area contributed by atoms with Crippen LogP contribution >= 0.6 is 0 Å². The Kier molecular flexibility index (Phi) is 6.07. The van der Waals surface area contributed by atoms with E-state index < -0.39 is 11.7 Å². The number of rotatable bonds is 5. The summed E-state index contributed by atoms with van der Waals surface area (Å²) in [6.07, 6.45) is 10.2. The van der Waals surface area contributed by atoms with E-state index in [0.29, 0.717) is 40.8 Å². The average molecular weight is 445 g/mol. The molecule has 0 radical (unpaired) electrons. The van der Waals surface area contributed by atoms with Gasteiger partial charge in [0.2, 0.25) is 0 Å². The second-order valence-corrected chi connectivity index (χ2v) is 13.7. The molecule has 3 heteroatoms. The topological polar surface area (TPSA) is 57.5 Å². The molecule has 3 nitrogen and oxygen atoms in total. The minimum Gasteiger partial charge on any atom is -0.390 e. The van der Waals surface area contributed by atoms with Crippen LogP contribution in [0, 0.1) is 45.8 Å². The molecule has 0 amide bonds. The Morgan fingerprint density at radius 1 is 1.00 bits per heavy atom. The van der Waals surface area contributed by atoms with Crippen molar-refractivity contribution in [2.75, 3.05) is 0 Å². The monoisotopic (exact) mass is 444 g/mol. The summed E-state index contributed by atoms with van der Waals surface area (Å²) in [6, 6.07) is 0. The second kappa shape index (κ2) is 7.94. The Hall–Kier alpha value is -0.670. The Labute approximate surface area is 196 Å². The van der Waals surface area contributed by atoms with Crippen molar-refractivity contribution in [3.05, 3.63) is 12.2 Å². The molecule has 0 aliphatic heterocycles. The van der Waals surface area contributed by atoms with Gasteiger partial charge in [0.1, 0.15) is 5.78 Å². The van der Waals surface area contributed by atoms with Gasteiger partial charge in [0.25, 0.3) is 0 Å².